The lowest BCUT2D eigenvalue weighted by Crippen LogP contribution is -2.30. The quantitative estimate of drug-likeness (QED) is 0.0261. The highest BCUT2D eigenvalue weighted by molar-refractivity contribution is 5.71. The summed E-state index contributed by atoms with van der Waals surface area (Å²) in [6.07, 6.45) is 81.1. The topological polar surface area (TPSA) is 78.9 Å². The van der Waals surface area contributed by atoms with Gasteiger partial charge in [-0.3, -0.25) is 14.4 Å². The smallest absolute Gasteiger partial charge is 0.306 e. The number of carbonyl (C=O) groups is 3. The van der Waals surface area contributed by atoms with Crippen LogP contribution in [0.4, 0.5) is 0 Å². The predicted molar refractivity (Wildman–Crippen MR) is 316 cm³/mol. The fraction of sp³-hybridized carbons (Fsp3) is 0.716. The van der Waals surface area contributed by atoms with Crippen LogP contribution >= 0.6 is 0 Å². The summed E-state index contributed by atoms with van der Waals surface area (Å²) in [7, 11) is 0. The van der Waals surface area contributed by atoms with Crippen molar-refractivity contribution < 1.29 is 28.6 Å². The number of esters is 3. The molecule has 0 aliphatic carbocycles. The van der Waals surface area contributed by atoms with Gasteiger partial charge in [-0.2, -0.15) is 0 Å². The third kappa shape index (κ3) is 59.1. The van der Waals surface area contributed by atoms with Crippen molar-refractivity contribution in [1.29, 1.82) is 0 Å². The Balaban J connectivity index is 4.35. The van der Waals surface area contributed by atoms with E-state index in [1.165, 1.54) is 135 Å². The van der Waals surface area contributed by atoms with E-state index in [1.54, 1.807) is 0 Å². The first-order valence-corrected chi connectivity index (χ1v) is 30.7. The molecule has 0 amide bonds. The van der Waals surface area contributed by atoms with Crippen LogP contribution in [0.15, 0.2) is 97.2 Å². The molecule has 0 radical (unpaired) electrons. The normalized spacial score (nSPS) is 12.8. The van der Waals surface area contributed by atoms with Gasteiger partial charge in [0.05, 0.1) is 0 Å². The summed E-state index contributed by atoms with van der Waals surface area (Å²) in [6.45, 7) is 6.48. The summed E-state index contributed by atoms with van der Waals surface area (Å²) < 4.78 is 16.9. The largest absolute Gasteiger partial charge is 0.462 e. The van der Waals surface area contributed by atoms with Crippen LogP contribution in [0.1, 0.15) is 290 Å². The molecule has 1 atom stereocenters. The van der Waals surface area contributed by atoms with Crippen molar-refractivity contribution in [3.05, 3.63) is 97.2 Å². The lowest BCUT2D eigenvalue weighted by Gasteiger charge is -2.18. The van der Waals surface area contributed by atoms with Gasteiger partial charge < -0.3 is 14.2 Å². The van der Waals surface area contributed by atoms with Gasteiger partial charge in [-0.1, -0.05) is 246 Å². The summed E-state index contributed by atoms with van der Waals surface area (Å²) in [5.74, 6) is -0.902. The van der Waals surface area contributed by atoms with E-state index in [0.29, 0.717) is 19.3 Å². The van der Waals surface area contributed by atoms with Gasteiger partial charge in [0.2, 0.25) is 0 Å². The van der Waals surface area contributed by atoms with Gasteiger partial charge in [0.25, 0.3) is 0 Å². The SMILES string of the molecule is CC/C=C\C/C=C\C/C=C\C/C=C\C/C=C\CCCCCCCCCCCC(=O)OCC(COC(=O)CCCCCCC/C=C\CCCCCC)OC(=O)CCCCCCCCC/C=C\C/C=C\CCCCC. The first-order valence-electron chi connectivity index (χ1n) is 30.7. The maximum Gasteiger partial charge on any atom is 0.306 e. The first-order chi connectivity index (χ1) is 36.0. The highest BCUT2D eigenvalue weighted by Gasteiger charge is 2.19. The Kier molecular flexibility index (Phi) is 57.8. The lowest BCUT2D eigenvalue weighted by atomic mass is 10.1. The van der Waals surface area contributed by atoms with Crippen LogP contribution in [0.5, 0.6) is 0 Å². The van der Waals surface area contributed by atoms with Crippen molar-refractivity contribution in [2.45, 2.75) is 297 Å². The minimum atomic E-state index is -0.789. The fourth-order valence-corrected chi connectivity index (χ4v) is 8.44. The molecule has 418 valence electrons. The lowest BCUT2D eigenvalue weighted by molar-refractivity contribution is -0.167. The van der Waals surface area contributed by atoms with E-state index in [4.69, 9.17) is 14.2 Å². The molecule has 0 aliphatic heterocycles. The Morgan fingerprint density at radius 1 is 0.288 bits per heavy atom. The number of hydrogen-bond donors (Lipinski definition) is 0. The van der Waals surface area contributed by atoms with Gasteiger partial charge in [-0.15, -0.1) is 0 Å². The Hall–Kier alpha value is -3.67. The van der Waals surface area contributed by atoms with Gasteiger partial charge in [0.1, 0.15) is 13.2 Å². The molecule has 0 heterocycles. The Morgan fingerprint density at radius 3 is 0.877 bits per heavy atom. The highest BCUT2D eigenvalue weighted by Crippen LogP contribution is 2.15. The van der Waals surface area contributed by atoms with Gasteiger partial charge in [-0.25, -0.2) is 0 Å². The van der Waals surface area contributed by atoms with Crippen LogP contribution < -0.4 is 0 Å². The average molecular weight is 1020 g/mol. The summed E-state index contributed by atoms with van der Waals surface area (Å²) in [5, 5.41) is 0. The standard InChI is InChI=1S/C67H114O6/c1-4-7-10-13-16-19-22-25-27-29-30-31-32-33-34-35-36-38-39-42-45-48-51-54-57-60-66(69)72-63-64(62-71-65(68)59-56-53-50-47-44-41-24-21-18-15-12-9-6-3)73-67(70)61-58-55-52-49-46-43-40-37-28-26-23-20-17-14-11-8-5-2/h7,10,16-17,19-21,24-28,30-31,33-34,64H,4-6,8-9,11-15,18,22-23,29,32,35-63H2,1-3H3/b10-7-,19-16-,20-17-,24-21-,27-25-,28-26-,31-30-,34-33-. The van der Waals surface area contributed by atoms with Gasteiger partial charge in [0.15, 0.2) is 6.10 Å². The predicted octanol–water partition coefficient (Wildman–Crippen LogP) is 20.9. The van der Waals surface area contributed by atoms with E-state index >= 15 is 0 Å². The third-order valence-corrected chi connectivity index (χ3v) is 13.0. The van der Waals surface area contributed by atoms with Crippen LogP contribution in [0.3, 0.4) is 0 Å². The zero-order valence-electron chi connectivity index (χ0n) is 47.9. The minimum Gasteiger partial charge on any atom is -0.462 e. The Bertz CT molecular complexity index is 1440. The van der Waals surface area contributed by atoms with Crippen molar-refractivity contribution in [1.82, 2.24) is 0 Å². The monoisotopic (exact) mass is 1010 g/mol. The number of unbranched alkanes of at least 4 members (excludes halogenated alkanes) is 28. The molecule has 0 saturated carbocycles. The second-order valence-corrected chi connectivity index (χ2v) is 20.2. The van der Waals surface area contributed by atoms with E-state index in [0.717, 1.165) is 116 Å². The van der Waals surface area contributed by atoms with Crippen LogP contribution in [0, 0.1) is 0 Å². The molecule has 0 saturated heterocycles. The van der Waals surface area contributed by atoms with E-state index in [1.807, 2.05) is 0 Å². The molecule has 0 bridgehead atoms. The number of rotatable bonds is 55. The molecule has 0 N–H and O–H groups in total. The molecule has 0 aromatic heterocycles. The summed E-state index contributed by atoms with van der Waals surface area (Å²) in [5.41, 5.74) is 0. The fourth-order valence-electron chi connectivity index (χ4n) is 8.44. The zero-order valence-corrected chi connectivity index (χ0v) is 47.9. The number of carbonyl (C=O) groups excluding carboxylic acids is 3. The molecule has 0 rings (SSSR count). The van der Waals surface area contributed by atoms with Gasteiger partial charge in [-0.05, 0) is 122 Å². The molecule has 73 heavy (non-hydrogen) atoms. The summed E-state index contributed by atoms with van der Waals surface area (Å²) in [6, 6.07) is 0. The number of ether oxygens (including phenoxy) is 3. The molecular weight excluding hydrogens is 901 g/mol. The van der Waals surface area contributed by atoms with Crippen LogP contribution in [-0.2, 0) is 28.6 Å². The molecule has 0 fully saturated rings. The maximum absolute atomic E-state index is 12.9. The van der Waals surface area contributed by atoms with Crippen LogP contribution in [0.25, 0.3) is 0 Å². The third-order valence-electron chi connectivity index (χ3n) is 13.0. The molecule has 6 nitrogen and oxygen atoms in total. The molecule has 0 aromatic carbocycles. The summed E-state index contributed by atoms with van der Waals surface area (Å²) in [4.78, 5) is 38.2. The van der Waals surface area contributed by atoms with Crippen molar-refractivity contribution in [2.24, 2.45) is 0 Å². The maximum atomic E-state index is 12.9. The Morgan fingerprint density at radius 2 is 0.534 bits per heavy atom. The Labute approximate surface area is 451 Å². The number of hydrogen-bond acceptors (Lipinski definition) is 6. The van der Waals surface area contributed by atoms with E-state index in [9.17, 15) is 14.4 Å². The minimum absolute atomic E-state index is 0.0863. The van der Waals surface area contributed by atoms with Crippen molar-refractivity contribution in [3.63, 3.8) is 0 Å². The first kappa shape index (κ1) is 69.3. The van der Waals surface area contributed by atoms with E-state index < -0.39 is 6.10 Å². The molecule has 0 spiro atoms. The van der Waals surface area contributed by atoms with Crippen LogP contribution in [-0.4, -0.2) is 37.2 Å². The van der Waals surface area contributed by atoms with E-state index in [-0.39, 0.29) is 31.1 Å². The van der Waals surface area contributed by atoms with Crippen molar-refractivity contribution >= 4 is 17.9 Å². The van der Waals surface area contributed by atoms with Crippen LogP contribution in [0.2, 0.25) is 0 Å². The molecular formula is C67H114O6. The van der Waals surface area contributed by atoms with Crippen molar-refractivity contribution in [2.75, 3.05) is 13.2 Å². The van der Waals surface area contributed by atoms with Crippen molar-refractivity contribution in [3.8, 4) is 0 Å². The number of allylic oxidation sites excluding steroid dienone is 16. The second kappa shape index (κ2) is 60.9. The summed E-state index contributed by atoms with van der Waals surface area (Å²) >= 11 is 0. The van der Waals surface area contributed by atoms with Gasteiger partial charge in [0, 0.05) is 19.3 Å². The van der Waals surface area contributed by atoms with E-state index in [2.05, 4.69) is 118 Å². The average Bonchev–Trinajstić information content (AvgIpc) is 3.39. The second-order valence-electron chi connectivity index (χ2n) is 20.2. The van der Waals surface area contributed by atoms with Gasteiger partial charge >= 0.3 is 17.9 Å². The molecule has 1 unspecified atom stereocenters. The zero-order chi connectivity index (χ0) is 52.9. The highest BCUT2D eigenvalue weighted by atomic mass is 16.6. The molecule has 0 aliphatic rings. The molecule has 6 heteroatoms. The molecule has 0 aromatic rings.